The van der Waals surface area contributed by atoms with Gasteiger partial charge in [0.25, 0.3) is 5.91 Å². The summed E-state index contributed by atoms with van der Waals surface area (Å²) in [5.74, 6) is -0.264. The highest BCUT2D eigenvalue weighted by atomic mass is 32.1. The second-order valence-corrected chi connectivity index (χ2v) is 10.5. The van der Waals surface area contributed by atoms with E-state index in [9.17, 15) is 9.18 Å². The molecule has 6 nitrogen and oxygen atoms in total. The number of fused-ring (bicyclic) bond motifs is 1. The number of hydrogen-bond acceptors (Lipinski definition) is 5. The minimum absolute atomic E-state index is 0.0326. The van der Waals surface area contributed by atoms with E-state index in [1.165, 1.54) is 15.8 Å². The quantitative estimate of drug-likeness (QED) is 0.392. The monoisotopic (exact) mass is 477 g/mol. The molecule has 0 N–H and O–H groups in total. The van der Waals surface area contributed by atoms with E-state index in [4.69, 9.17) is 4.98 Å². The summed E-state index contributed by atoms with van der Waals surface area (Å²) in [6, 6.07) is 11.0. The summed E-state index contributed by atoms with van der Waals surface area (Å²) in [5, 5.41) is 5.31. The van der Waals surface area contributed by atoms with Crippen molar-refractivity contribution in [2.75, 3.05) is 31.1 Å². The minimum atomic E-state index is -0.231. The van der Waals surface area contributed by atoms with Crippen LogP contribution in [0.3, 0.4) is 0 Å². The van der Waals surface area contributed by atoms with Gasteiger partial charge >= 0.3 is 0 Å². The van der Waals surface area contributed by atoms with Crippen LogP contribution in [0.15, 0.2) is 42.6 Å². The average molecular weight is 478 g/mol. The highest BCUT2D eigenvalue weighted by molar-refractivity contribution is 7.12. The van der Waals surface area contributed by atoms with Gasteiger partial charge in [0.1, 0.15) is 5.82 Å². The van der Waals surface area contributed by atoms with Crippen LogP contribution in [0, 0.1) is 19.7 Å². The number of piperazine rings is 1. The molecule has 0 atom stereocenters. The number of rotatable bonds is 4. The number of aromatic nitrogens is 3. The van der Waals surface area contributed by atoms with Gasteiger partial charge in [-0.1, -0.05) is 12.1 Å². The standard InChI is InChI=1S/C26H28FN5OS/c1-16(2)32-25-21(15-28-32)20(14-23(29-25)19-13-17(3)34-18(19)4)26(33)31-11-9-30(10-12-31)24-8-6-5-7-22(24)27/h5-8,13-16H,9-12H2,1-4H3. The van der Waals surface area contributed by atoms with Crippen molar-refractivity contribution in [3.63, 3.8) is 0 Å². The molecule has 0 spiro atoms. The van der Waals surface area contributed by atoms with Crippen molar-refractivity contribution < 1.29 is 9.18 Å². The molecular formula is C26H28FN5OS. The molecule has 4 aromatic rings. The van der Waals surface area contributed by atoms with Crippen LogP contribution in [0.2, 0.25) is 0 Å². The molecule has 0 aliphatic carbocycles. The first kappa shape index (κ1) is 22.5. The molecule has 1 fully saturated rings. The third kappa shape index (κ3) is 3.96. The van der Waals surface area contributed by atoms with Crippen molar-refractivity contribution in [3.8, 4) is 11.3 Å². The third-order valence-corrected chi connectivity index (χ3v) is 7.33. The Morgan fingerprint density at radius 1 is 1.09 bits per heavy atom. The lowest BCUT2D eigenvalue weighted by molar-refractivity contribution is 0.0748. The zero-order valence-corrected chi connectivity index (χ0v) is 20.7. The second kappa shape index (κ2) is 8.83. The van der Waals surface area contributed by atoms with Gasteiger partial charge in [-0.05, 0) is 52.0 Å². The molecule has 1 aliphatic rings. The maximum absolute atomic E-state index is 14.2. The van der Waals surface area contributed by atoms with Crippen molar-refractivity contribution in [2.24, 2.45) is 0 Å². The van der Waals surface area contributed by atoms with Gasteiger partial charge in [-0.3, -0.25) is 4.79 Å². The highest BCUT2D eigenvalue weighted by Crippen LogP contribution is 2.33. The molecule has 176 valence electrons. The van der Waals surface area contributed by atoms with Crippen LogP contribution in [-0.2, 0) is 0 Å². The van der Waals surface area contributed by atoms with E-state index in [2.05, 4.69) is 38.9 Å². The summed E-state index contributed by atoms with van der Waals surface area (Å²) in [6.07, 6.45) is 1.75. The molecule has 1 saturated heterocycles. The first-order chi connectivity index (χ1) is 16.3. The molecule has 8 heteroatoms. The Hall–Kier alpha value is -3.26. The van der Waals surface area contributed by atoms with Gasteiger partial charge in [0.05, 0.1) is 28.5 Å². The van der Waals surface area contributed by atoms with Crippen LogP contribution < -0.4 is 4.90 Å². The molecule has 4 heterocycles. The molecule has 5 rings (SSSR count). The number of carbonyl (C=O) groups is 1. The van der Waals surface area contributed by atoms with Crippen molar-refractivity contribution in [1.82, 2.24) is 19.7 Å². The molecule has 3 aromatic heterocycles. The number of anilines is 1. The molecule has 1 aliphatic heterocycles. The van der Waals surface area contributed by atoms with Gasteiger partial charge in [0, 0.05) is 47.5 Å². The summed E-state index contributed by atoms with van der Waals surface area (Å²) in [6.45, 7) is 10.5. The molecule has 1 aromatic carbocycles. The largest absolute Gasteiger partial charge is 0.366 e. The zero-order valence-electron chi connectivity index (χ0n) is 19.9. The number of nitrogens with zero attached hydrogens (tertiary/aromatic N) is 5. The number of thiophene rings is 1. The summed E-state index contributed by atoms with van der Waals surface area (Å²) in [4.78, 5) is 24.9. The van der Waals surface area contributed by atoms with Crippen LogP contribution in [0.1, 0.15) is 40.0 Å². The van der Waals surface area contributed by atoms with E-state index in [-0.39, 0.29) is 17.8 Å². The molecule has 0 saturated carbocycles. The molecule has 34 heavy (non-hydrogen) atoms. The van der Waals surface area contributed by atoms with Crippen LogP contribution in [-0.4, -0.2) is 51.8 Å². The molecule has 0 radical (unpaired) electrons. The maximum atomic E-state index is 14.2. The molecule has 1 amide bonds. The van der Waals surface area contributed by atoms with Crippen LogP contribution in [0.5, 0.6) is 0 Å². The number of pyridine rings is 1. The number of hydrogen-bond donors (Lipinski definition) is 0. The maximum Gasteiger partial charge on any atom is 0.254 e. The lowest BCUT2D eigenvalue weighted by Gasteiger charge is -2.36. The van der Waals surface area contributed by atoms with Gasteiger partial charge in [-0.15, -0.1) is 11.3 Å². The van der Waals surface area contributed by atoms with Gasteiger partial charge in [-0.25, -0.2) is 14.1 Å². The Morgan fingerprint density at radius 3 is 2.47 bits per heavy atom. The Kier molecular flexibility index (Phi) is 5.85. The third-order valence-electron chi connectivity index (χ3n) is 6.36. The topological polar surface area (TPSA) is 54.3 Å². The van der Waals surface area contributed by atoms with Crippen molar-refractivity contribution in [3.05, 3.63) is 63.7 Å². The lowest BCUT2D eigenvalue weighted by Crippen LogP contribution is -2.49. The molecule has 0 unspecified atom stereocenters. The average Bonchev–Trinajstić information content (AvgIpc) is 3.41. The van der Waals surface area contributed by atoms with Crippen molar-refractivity contribution in [1.29, 1.82) is 0 Å². The predicted molar refractivity (Wildman–Crippen MR) is 135 cm³/mol. The summed E-state index contributed by atoms with van der Waals surface area (Å²) in [7, 11) is 0. The predicted octanol–water partition coefficient (Wildman–Crippen LogP) is 5.46. The van der Waals surface area contributed by atoms with Crippen LogP contribution in [0.4, 0.5) is 10.1 Å². The number of para-hydroxylation sites is 1. The fourth-order valence-corrected chi connectivity index (χ4v) is 5.56. The Morgan fingerprint density at radius 2 is 1.82 bits per heavy atom. The van der Waals surface area contributed by atoms with E-state index < -0.39 is 0 Å². The SMILES string of the molecule is Cc1cc(-c2cc(C(=O)N3CCN(c4ccccc4F)CC3)c3cnn(C(C)C)c3n2)c(C)s1. The number of benzene rings is 1. The lowest BCUT2D eigenvalue weighted by atomic mass is 10.1. The second-order valence-electron chi connectivity index (χ2n) is 9.03. The van der Waals surface area contributed by atoms with E-state index >= 15 is 0 Å². The summed E-state index contributed by atoms with van der Waals surface area (Å²) in [5.41, 5.74) is 3.78. The Labute approximate surface area is 202 Å². The van der Waals surface area contributed by atoms with Crippen LogP contribution >= 0.6 is 11.3 Å². The van der Waals surface area contributed by atoms with E-state index in [0.29, 0.717) is 37.4 Å². The number of carbonyl (C=O) groups excluding carboxylic acids is 1. The van der Waals surface area contributed by atoms with E-state index in [0.717, 1.165) is 22.3 Å². The summed E-state index contributed by atoms with van der Waals surface area (Å²) >= 11 is 1.73. The van der Waals surface area contributed by atoms with Gasteiger partial charge in [0.15, 0.2) is 5.65 Å². The number of aryl methyl sites for hydroxylation is 2. The van der Waals surface area contributed by atoms with Crippen molar-refractivity contribution in [2.45, 2.75) is 33.7 Å². The Bertz CT molecular complexity index is 1370. The van der Waals surface area contributed by atoms with E-state index in [1.807, 2.05) is 26.6 Å². The first-order valence-corrected chi connectivity index (χ1v) is 12.4. The smallest absolute Gasteiger partial charge is 0.254 e. The Balaban J connectivity index is 1.50. The number of halogens is 1. The van der Waals surface area contributed by atoms with Crippen LogP contribution in [0.25, 0.3) is 22.3 Å². The van der Waals surface area contributed by atoms with Gasteiger partial charge in [0.2, 0.25) is 0 Å². The normalized spacial score (nSPS) is 14.4. The first-order valence-electron chi connectivity index (χ1n) is 11.6. The minimum Gasteiger partial charge on any atom is -0.366 e. The van der Waals surface area contributed by atoms with Crippen molar-refractivity contribution >= 4 is 34.0 Å². The fourth-order valence-electron chi connectivity index (χ4n) is 4.62. The fraction of sp³-hybridized carbons (Fsp3) is 0.346. The zero-order chi connectivity index (χ0) is 24.0. The summed E-state index contributed by atoms with van der Waals surface area (Å²) < 4.78 is 16.1. The molecule has 0 bridgehead atoms. The van der Waals surface area contributed by atoms with Gasteiger partial charge < -0.3 is 9.80 Å². The molecular weight excluding hydrogens is 449 g/mol. The van der Waals surface area contributed by atoms with E-state index in [1.54, 1.807) is 29.7 Å². The highest BCUT2D eigenvalue weighted by Gasteiger charge is 2.27. The van der Waals surface area contributed by atoms with Gasteiger partial charge in [-0.2, -0.15) is 5.10 Å². The number of amides is 1.